The Morgan fingerprint density at radius 1 is 0.600 bits per heavy atom. The van der Waals surface area contributed by atoms with Gasteiger partial charge in [0.05, 0.1) is 73.6 Å². The van der Waals surface area contributed by atoms with Gasteiger partial charge in [0.1, 0.15) is 28.0 Å². The number of hydrogen-bond donors (Lipinski definition) is 3. The molecule has 0 bridgehead atoms. The van der Waals surface area contributed by atoms with Gasteiger partial charge in [0.15, 0.2) is 0 Å². The average molecular weight is 1120 g/mol. The van der Waals surface area contributed by atoms with Gasteiger partial charge >= 0.3 is 17.9 Å². The Morgan fingerprint density at radius 2 is 0.986 bits per heavy atom. The zero-order chi connectivity index (χ0) is 52.4. The minimum absolute atomic E-state index is 0.0360. The summed E-state index contributed by atoms with van der Waals surface area (Å²) < 4.78 is 130. The number of rotatable bonds is 13. The summed E-state index contributed by atoms with van der Waals surface area (Å²) >= 11 is 17.1. The van der Waals surface area contributed by atoms with Crippen molar-refractivity contribution in [2.24, 2.45) is 0 Å². The van der Waals surface area contributed by atoms with E-state index >= 15 is 0 Å². The number of hydrogen-bond acceptors (Lipinski definition) is 13. The Bertz CT molecular complexity index is 2670. The third-order valence-corrected chi connectivity index (χ3v) is 16.1. The van der Waals surface area contributed by atoms with Crippen LogP contribution in [0.25, 0.3) is 0 Å². The van der Waals surface area contributed by atoms with E-state index in [0.717, 1.165) is 37.1 Å². The lowest BCUT2D eigenvalue weighted by atomic mass is 9.99. The summed E-state index contributed by atoms with van der Waals surface area (Å²) in [6, 6.07) is 10.6. The monoisotopic (exact) mass is 1120 g/mol. The quantitative estimate of drug-likeness (QED) is 0.0627. The van der Waals surface area contributed by atoms with E-state index in [1.807, 2.05) is 0 Å². The summed E-state index contributed by atoms with van der Waals surface area (Å²) in [7, 11) is -6.35. The topological polar surface area (TPSA) is 231 Å². The first-order valence-electron chi connectivity index (χ1n) is 21.6. The van der Waals surface area contributed by atoms with Gasteiger partial charge in [0.2, 0.25) is 20.0 Å². The Balaban J connectivity index is 0.000000259. The Morgan fingerprint density at radius 3 is 1.36 bits per heavy atom. The zero-order valence-corrected chi connectivity index (χ0v) is 43.5. The summed E-state index contributed by atoms with van der Waals surface area (Å²) in [5, 5.41) is -1.88. The van der Waals surface area contributed by atoms with Gasteiger partial charge in [-0.15, -0.1) is 0 Å². The highest BCUT2D eigenvalue weighted by molar-refractivity contribution is 8.16. The lowest BCUT2D eigenvalue weighted by molar-refractivity contribution is -0.139. The largest absolute Gasteiger partial charge is 0.463 e. The molecule has 0 unspecified atom stereocenters. The van der Waals surface area contributed by atoms with Crippen molar-refractivity contribution in [3.8, 4) is 0 Å². The van der Waals surface area contributed by atoms with Crippen LogP contribution in [0.4, 0.5) is 30.2 Å². The van der Waals surface area contributed by atoms with Crippen LogP contribution in [0.15, 0.2) is 88.4 Å². The fourth-order valence-electron chi connectivity index (χ4n) is 6.87. The first-order valence-corrected chi connectivity index (χ1v) is 28.1. The Labute approximate surface area is 425 Å². The van der Waals surface area contributed by atoms with Gasteiger partial charge < -0.3 is 19.9 Å². The Hall–Kier alpha value is -4.51. The number of halogens is 7. The summed E-state index contributed by atoms with van der Waals surface area (Å²) in [6.07, 6.45) is 8.63. The lowest BCUT2D eigenvalue weighted by Gasteiger charge is -2.24. The van der Waals surface area contributed by atoms with Crippen molar-refractivity contribution in [1.82, 2.24) is 0 Å². The number of benzene rings is 3. The predicted octanol–water partition coefficient (Wildman–Crippen LogP) is 10.5. The molecule has 386 valence electrons. The molecule has 2 atom stereocenters. The molecule has 70 heavy (non-hydrogen) atoms. The number of anilines is 3. The van der Waals surface area contributed by atoms with Crippen LogP contribution in [0.3, 0.4) is 0 Å². The number of nitrogens with one attached hydrogen (secondary N) is 2. The fraction of sp³-hybridized carbons (Fsp3) is 0.400. The molecule has 0 radical (unpaired) electrons. The van der Waals surface area contributed by atoms with Gasteiger partial charge in [0, 0.05) is 10.7 Å². The van der Waals surface area contributed by atoms with Crippen molar-refractivity contribution < 1.29 is 67.0 Å². The molecule has 0 saturated carbocycles. The van der Waals surface area contributed by atoms with E-state index in [4.69, 9.17) is 65.4 Å². The molecule has 3 aliphatic rings. The Kier molecular flexibility index (Phi) is 23.9. The summed E-state index contributed by atoms with van der Waals surface area (Å²) in [6.45, 7) is 5.55. The number of allylic oxidation sites excluding steroid dienone is 3. The first kappa shape index (κ1) is 59.8. The number of esters is 3. The van der Waals surface area contributed by atoms with Crippen LogP contribution in [0, 0.1) is 17.5 Å². The van der Waals surface area contributed by atoms with Crippen molar-refractivity contribution in [2.45, 2.75) is 95.5 Å². The smallest absolute Gasteiger partial charge is 0.335 e. The third-order valence-electron chi connectivity index (χ3n) is 10.1. The molecule has 3 aromatic carbocycles. The van der Waals surface area contributed by atoms with Gasteiger partial charge in [-0.05, 0) is 140 Å². The number of sulfonamides is 2. The van der Waals surface area contributed by atoms with Gasteiger partial charge in [-0.2, -0.15) is 0 Å². The van der Waals surface area contributed by atoms with Crippen LogP contribution >= 0.6 is 45.5 Å². The van der Waals surface area contributed by atoms with Crippen molar-refractivity contribution in [3.63, 3.8) is 0 Å². The van der Waals surface area contributed by atoms with E-state index in [-0.39, 0.29) is 73.7 Å². The number of carbonyl (C=O) groups is 3. The standard InChI is InChI=1S/2C15H17ClFNO4S.C9H13ClO4S.C6H5ClFN/c2*1-2-22-15(19)11-5-3-4-6-14(11)23(20,21)18-13-8-7-10(17)9-12(13)16;1-2-14-9(11)7-5-3-4-6-8(7)15(10,12)13;7-5-3-4(8)1-2-6(5)9/h2*5,7-9,14,18H,2-4,6H2,1H3;2-6H2,1H3;1-3H,9H2/t2*14-;;/m11../s1. The van der Waals surface area contributed by atoms with Crippen LogP contribution in [0.5, 0.6) is 0 Å². The number of carbonyl (C=O) groups excluding carboxylic acids is 3. The van der Waals surface area contributed by atoms with Gasteiger partial charge in [0.25, 0.3) is 9.05 Å². The van der Waals surface area contributed by atoms with Crippen LogP contribution in [0.1, 0.15) is 85.0 Å². The van der Waals surface area contributed by atoms with E-state index in [1.54, 1.807) is 32.9 Å². The van der Waals surface area contributed by atoms with Crippen molar-refractivity contribution in [3.05, 3.63) is 121 Å². The normalized spacial score (nSPS) is 17.0. The summed E-state index contributed by atoms with van der Waals surface area (Å²) in [4.78, 5) is 35.4. The predicted molar refractivity (Wildman–Crippen MR) is 265 cm³/mol. The molecular formula is C45H52Cl4F3N3O12S3. The number of nitrogen functional groups attached to an aromatic ring is 1. The van der Waals surface area contributed by atoms with Crippen molar-refractivity contribution in [1.29, 1.82) is 0 Å². The van der Waals surface area contributed by atoms with Crippen molar-refractivity contribution in [2.75, 3.05) is 35.0 Å². The van der Waals surface area contributed by atoms with E-state index in [2.05, 4.69) is 9.44 Å². The lowest BCUT2D eigenvalue weighted by Crippen LogP contribution is -2.34. The fourth-order valence-corrected chi connectivity index (χ4v) is 12.2. The van der Waals surface area contributed by atoms with Gasteiger partial charge in [-0.25, -0.2) is 52.8 Å². The second-order valence-corrected chi connectivity index (χ2v) is 22.6. The zero-order valence-electron chi connectivity index (χ0n) is 38.0. The van der Waals surface area contributed by atoms with E-state index in [9.17, 15) is 52.8 Å². The molecule has 3 aliphatic carbocycles. The molecule has 0 aromatic heterocycles. The first-order chi connectivity index (χ1) is 32.9. The SMILES string of the molecule is CCOC(=O)C1=C(S(=O)(=O)Cl)CCCC1.CCOC(=O)C1=CCCC[C@H]1S(=O)(=O)Nc1ccc(F)cc1Cl.CCOC(=O)C1=CCCC[C@H]1S(=O)(=O)Nc1ccc(F)cc1Cl.Nc1ccc(F)cc1Cl. The van der Waals surface area contributed by atoms with E-state index < -0.39 is 69.1 Å². The van der Waals surface area contributed by atoms with Gasteiger partial charge in [-0.1, -0.05) is 47.0 Å². The molecule has 0 amide bonds. The molecule has 0 aliphatic heterocycles. The molecule has 4 N–H and O–H groups in total. The van der Waals surface area contributed by atoms with Crippen LogP contribution in [-0.2, 0) is 57.7 Å². The maximum atomic E-state index is 13.1. The minimum Gasteiger partial charge on any atom is -0.463 e. The maximum Gasteiger partial charge on any atom is 0.335 e. The second kappa shape index (κ2) is 27.9. The molecule has 0 heterocycles. The molecular weight excluding hydrogens is 1070 g/mol. The maximum absolute atomic E-state index is 13.1. The molecule has 6 rings (SSSR count). The second-order valence-electron chi connectivity index (χ2n) is 15.1. The van der Waals surface area contributed by atoms with E-state index in [1.165, 1.54) is 30.3 Å². The van der Waals surface area contributed by atoms with Gasteiger partial charge in [-0.3, -0.25) is 9.44 Å². The molecule has 3 aromatic rings. The van der Waals surface area contributed by atoms with E-state index in [0.29, 0.717) is 57.1 Å². The third kappa shape index (κ3) is 18.3. The highest BCUT2D eigenvalue weighted by Gasteiger charge is 2.37. The van der Waals surface area contributed by atoms with Crippen LogP contribution in [-0.4, -0.2) is 73.5 Å². The molecule has 0 saturated heterocycles. The molecule has 0 fully saturated rings. The van der Waals surface area contributed by atoms with Crippen LogP contribution < -0.4 is 15.2 Å². The molecule has 0 spiro atoms. The molecule has 15 nitrogen and oxygen atoms in total. The summed E-state index contributed by atoms with van der Waals surface area (Å²) in [5.74, 6) is -3.32. The van der Waals surface area contributed by atoms with Crippen LogP contribution in [0.2, 0.25) is 15.1 Å². The molecule has 25 heteroatoms. The number of nitrogens with two attached hydrogens (primary N) is 1. The highest BCUT2D eigenvalue weighted by Crippen LogP contribution is 2.33. The summed E-state index contributed by atoms with van der Waals surface area (Å²) in [5.41, 5.74) is 6.31. The minimum atomic E-state index is -3.91. The number of ether oxygens (including phenoxy) is 3. The van der Waals surface area contributed by atoms with Crippen molar-refractivity contribution >= 4 is 110 Å². The highest BCUT2D eigenvalue weighted by atomic mass is 35.7. The average Bonchev–Trinajstić information content (AvgIpc) is 3.30.